The molecular formula is C14H18N2O3. The van der Waals surface area contributed by atoms with E-state index in [0.717, 1.165) is 18.5 Å². The van der Waals surface area contributed by atoms with Crippen molar-refractivity contribution in [3.05, 3.63) is 29.8 Å². The van der Waals surface area contributed by atoms with Crippen LogP contribution in [-0.2, 0) is 9.59 Å². The number of benzene rings is 1. The SMILES string of the molecule is CN(C)c1ccc(C(NC(=O)C2CC2)C(=O)O)cc1. The van der Waals surface area contributed by atoms with Gasteiger partial charge >= 0.3 is 5.97 Å². The Hall–Kier alpha value is -2.04. The van der Waals surface area contributed by atoms with Gasteiger partial charge in [-0.2, -0.15) is 0 Å². The van der Waals surface area contributed by atoms with Gasteiger partial charge in [0.05, 0.1) is 0 Å². The number of aliphatic carboxylic acids is 1. The van der Waals surface area contributed by atoms with Gasteiger partial charge in [0, 0.05) is 25.7 Å². The van der Waals surface area contributed by atoms with Gasteiger partial charge in [-0.05, 0) is 30.5 Å². The maximum atomic E-state index is 11.7. The summed E-state index contributed by atoms with van der Waals surface area (Å²) in [6, 6.07) is 6.19. The number of amides is 1. The lowest BCUT2D eigenvalue weighted by Crippen LogP contribution is -2.34. The first-order valence-electron chi connectivity index (χ1n) is 6.29. The van der Waals surface area contributed by atoms with Crippen LogP contribution in [0.5, 0.6) is 0 Å². The minimum atomic E-state index is -1.04. The molecule has 1 amide bonds. The predicted octanol–water partition coefficient (Wildman–Crippen LogP) is 1.40. The van der Waals surface area contributed by atoms with Crippen molar-refractivity contribution in [1.29, 1.82) is 0 Å². The second-order valence-corrected chi connectivity index (χ2v) is 5.04. The molecule has 0 spiro atoms. The molecule has 5 nitrogen and oxygen atoms in total. The van der Waals surface area contributed by atoms with Crippen LogP contribution in [-0.4, -0.2) is 31.1 Å². The van der Waals surface area contributed by atoms with E-state index in [9.17, 15) is 14.7 Å². The van der Waals surface area contributed by atoms with Crippen molar-refractivity contribution in [2.24, 2.45) is 5.92 Å². The van der Waals surface area contributed by atoms with E-state index in [1.165, 1.54) is 0 Å². The molecule has 1 fully saturated rings. The third kappa shape index (κ3) is 3.24. The van der Waals surface area contributed by atoms with E-state index in [1.54, 1.807) is 12.1 Å². The van der Waals surface area contributed by atoms with Crippen LogP contribution in [0.3, 0.4) is 0 Å². The number of hydrogen-bond donors (Lipinski definition) is 2. The average molecular weight is 262 g/mol. The molecule has 1 atom stereocenters. The molecule has 0 radical (unpaired) electrons. The molecule has 0 aliphatic heterocycles. The van der Waals surface area contributed by atoms with Gasteiger partial charge in [0.2, 0.25) is 5.91 Å². The Morgan fingerprint density at radius 1 is 1.26 bits per heavy atom. The Morgan fingerprint density at radius 2 is 1.84 bits per heavy atom. The Bertz CT molecular complexity index is 478. The first kappa shape index (κ1) is 13.4. The molecule has 1 aromatic carbocycles. The topological polar surface area (TPSA) is 69.6 Å². The molecule has 0 saturated heterocycles. The zero-order valence-electron chi connectivity index (χ0n) is 11.1. The summed E-state index contributed by atoms with van der Waals surface area (Å²) in [4.78, 5) is 24.9. The van der Waals surface area contributed by atoms with Crippen molar-refractivity contribution in [3.63, 3.8) is 0 Å². The summed E-state index contributed by atoms with van der Waals surface area (Å²) in [7, 11) is 3.83. The third-order valence-electron chi connectivity index (χ3n) is 3.22. The number of carboxylic acids is 1. The molecule has 102 valence electrons. The van der Waals surface area contributed by atoms with Crippen molar-refractivity contribution in [2.45, 2.75) is 18.9 Å². The Labute approximate surface area is 112 Å². The van der Waals surface area contributed by atoms with Gasteiger partial charge in [0.1, 0.15) is 0 Å². The van der Waals surface area contributed by atoms with Crippen molar-refractivity contribution >= 4 is 17.6 Å². The Balaban J connectivity index is 2.13. The van der Waals surface area contributed by atoms with Gasteiger partial charge in [-0.15, -0.1) is 0 Å². The Kier molecular flexibility index (Phi) is 3.74. The molecule has 1 aromatic rings. The second-order valence-electron chi connectivity index (χ2n) is 5.04. The minimum absolute atomic E-state index is 0.00268. The van der Waals surface area contributed by atoms with E-state index in [1.807, 2.05) is 31.1 Å². The largest absolute Gasteiger partial charge is 0.479 e. The van der Waals surface area contributed by atoms with Crippen molar-refractivity contribution < 1.29 is 14.7 Å². The summed E-state index contributed by atoms with van der Waals surface area (Å²) in [5, 5.41) is 11.8. The van der Waals surface area contributed by atoms with E-state index in [4.69, 9.17) is 0 Å². The van der Waals surface area contributed by atoms with Crippen LogP contribution < -0.4 is 10.2 Å². The predicted molar refractivity (Wildman–Crippen MR) is 72.0 cm³/mol. The van der Waals surface area contributed by atoms with Crippen molar-refractivity contribution in [2.75, 3.05) is 19.0 Å². The van der Waals surface area contributed by atoms with Gasteiger partial charge in [-0.1, -0.05) is 12.1 Å². The minimum Gasteiger partial charge on any atom is -0.479 e. The van der Waals surface area contributed by atoms with Crippen molar-refractivity contribution in [3.8, 4) is 0 Å². The summed E-state index contributed by atoms with van der Waals surface area (Å²) < 4.78 is 0. The molecule has 1 aliphatic carbocycles. The number of rotatable bonds is 5. The molecule has 19 heavy (non-hydrogen) atoms. The van der Waals surface area contributed by atoms with E-state index >= 15 is 0 Å². The summed E-state index contributed by atoms with van der Waals surface area (Å²) in [5.41, 5.74) is 1.58. The lowest BCUT2D eigenvalue weighted by Gasteiger charge is -2.17. The fourth-order valence-corrected chi connectivity index (χ4v) is 1.86. The van der Waals surface area contributed by atoms with Gasteiger partial charge < -0.3 is 15.3 Å². The van der Waals surface area contributed by atoms with Crippen LogP contribution in [0.1, 0.15) is 24.4 Å². The molecule has 1 unspecified atom stereocenters. The third-order valence-corrected chi connectivity index (χ3v) is 3.22. The number of nitrogens with one attached hydrogen (secondary N) is 1. The molecule has 0 bridgehead atoms. The molecule has 1 aliphatic rings. The standard InChI is InChI=1S/C14H18N2O3/c1-16(2)11-7-5-9(6-8-11)12(14(18)19)15-13(17)10-3-4-10/h5-8,10,12H,3-4H2,1-2H3,(H,15,17)(H,18,19). The monoisotopic (exact) mass is 262 g/mol. The normalized spacial score (nSPS) is 15.7. The number of hydrogen-bond acceptors (Lipinski definition) is 3. The van der Waals surface area contributed by atoms with Crippen LogP contribution >= 0.6 is 0 Å². The zero-order chi connectivity index (χ0) is 14.0. The summed E-state index contributed by atoms with van der Waals surface area (Å²) in [5.74, 6) is -1.20. The first-order chi connectivity index (χ1) is 8.99. The molecular weight excluding hydrogens is 244 g/mol. The van der Waals surface area contributed by atoms with E-state index in [2.05, 4.69) is 5.32 Å². The summed E-state index contributed by atoms with van der Waals surface area (Å²) in [6.07, 6.45) is 1.72. The lowest BCUT2D eigenvalue weighted by atomic mass is 10.1. The van der Waals surface area contributed by atoms with Crippen LogP contribution in [0.2, 0.25) is 0 Å². The molecule has 2 N–H and O–H groups in total. The maximum absolute atomic E-state index is 11.7. The van der Waals surface area contributed by atoms with E-state index < -0.39 is 12.0 Å². The number of carbonyl (C=O) groups is 2. The maximum Gasteiger partial charge on any atom is 0.330 e. The highest BCUT2D eigenvalue weighted by atomic mass is 16.4. The molecule has 2 rings (SSSR count). The Morgan fingerprint density at radius 3 is 2.26 bits per heavy atom. The molecule has 0 aromatic heterocycles. The van der Waals surface area contributed by atoms with E-state index in [-0.39, 0.29) is 11.8 Å². The summed E-state index contributed by atoms with van der Waals surface area (Å²) >= 11 is 0. The number of nitrogens with zero attached hydrogens (tertiary/aromatic N) is 1. The lowest BCUT2D eigenvalue weighted by molar-refractivity contribution is -0.142. The first-order valence-corrected chi connectivity index (χ1v) is 6.29. The molecule has 0 heterocycles. The summed E-state index contributed by atoms with van der Waals surface area (Å²) in [6.45, 7) is 0. The highest BCUT2D eigenvalue weighted by Crippen LogP contribution is 2.30. The van der Waals surface area contributed by atoms with Gasteiger partial charge in [0.25, 0.3) is 0 Å². The quantitative estimate of drug-likeness (QED) is 0.841. The second kappa shape index (κ2) is 5.30. The molecule has 1 saturated carbocycles. The highest BCUT2D eigenvalue weighted by molar-refractivity contribution is 5.87. The smallest absolute Gasteiger partial charge is 0.330 e. The average Bonchev–Trinajstić information content (AvgIpc) is 3.19. The van der Waals surface area contributed by atoms with Crippen LogP contribution in [0.15, 0.2) is 24.3 Å². The highest BCUT2D eigenvalue weighted by Gasteiger charge is 2.33. The van der Waals surface area contributed by atoms with Gasteiger partial charge in [0.15, 0.2) is 6.04 Å². The number of carboxylic acid groups (broad SMARTS) is 1. The van der Waals surface area contributed by atoms with Crippen molar-refractivity contribution in [1.82, 2.24) is 5.32 Å². The van der Waals surface area contributed by atoms with Gasteiger partial charge in [-0.3, -0.25) is 4.79 Å². The van der Waals surface area contributed by atoms with Gasteiger partial charge in [-0.25, -0.2) is 4.79 Å². The van der Waals surface area contributed by atoms with Crippen LogP contribution in [0, 0.1) is 5.92 Å². The van der Waals surface area contributed by atoms with Crippen LogP contribution in [0.25, 0.3) is 0 Å². The molecule has 5 heteroatoms. The number of anilines is 1. The zero-order valence-corrected chi connectivity index (χ0v) is 11.1. The fraction of sp³-hybridized carbons (Fsp3) is 0.429. The van der Waals surface area contributed by atoms with Crippen LogP contribution in [0.4, 0.5) is 5.69 Å². The van der Waals surface area contributed by atoms with E-state index in [0.29, 0.717) is 5.56 Å². The number of carbonyl (C=O) groups excluding carboxylic acids is 1. The fourth-order valence-electron chi connectivity index (χ4n) is 1.86.